The Balaban J connectivity index is 2.26. The highest BCUT2D eigenvalue weighted by atomic mass is 79.9. The Morgan fingerprint density at radius 3 is 2.94 bits per heavy atom. The van der Waals surface area contributed by atoms with E-state index in [9.17, 15) is 4.79 Å². The molecule has 1 atom stereocenters. The highest BCUT2D eigenvalue weighted by Gasteiger charge is 2.20. The lowest BCUT2D eigenvalue weighted by Crippen LogP contribution is -2.42. The van der Waals surface area contributed by atoms with E-state index in [0.29, 0.717) is 12.3 Å². The van der Waals surface area contributed by atoms with Crippen molar-refractivity contribution in [1.82, 2.24) is 5.32 Å². The van der Waals surface area contributed by atoms with Crippen LogP contribution in [0.3, 0.4) is 0 Å². The van der Waals surface area contributed by atoms with Crippen LogP contribution in [-0.4, -0.2) is 25.5 Å². The molecule has 0 spiro atoms. The quantitative estimate of drug-likeness (QED) is 0.865. The first-order chi connectivity index (χ1) is 8.58. The van der Waals surface area contributed by atoms with Crippen molar-refractivity contribution in [2.24, 2.45) is 5.92 Å². The number of rotatable bonds is 1. The summed E-state index contributed by atoms with van der Waals surface area (Å²) < 4.78 is 1.08. The lowest BCUT2D eigenvalue weighted by Gasteiger charge is -2.29. The van der Waals surface area contributed by atoms with Crippen LogP contribution in [0.2, 0.25) is 0 Å². The molecule has 1 unspecified atom stereocenters. The number of anilines is 1. The molecule has 1 aromatic rings. The maximum atomic E-state index is 12.2. The number of carbonyl (C=O) groups is 1. The molecule has 1 aromatic carbocycles. The number of halogens is 1. The van der Waals surface area contributed by atoms with E-state index < -0.39 is 0 Å². The standard InChI is InChI=1S/C14H19BrN2O/c1-10-8-16-6-5-14(18)17(9-10)12-3-4-13(15)11(2)7-12/h3-4,7,10,16H,5-6,8-9H2,1-2H3. The zero-order valence-corrected chi connectivity index (χ0v) is 12.5. The van der Waals surface area contributed by atoms with Gasteiger partial charge in [0.05, 0.1) is 0 Å². The molecule has 1 N–H and O–H groups in total. The number of aryl methyl sites for hydroxylation is 1. The normalized spacial score (nSPS) is 21.6. The number of nitrogens with one attached hydrogen (secondary N) is 1. The van der Waals surface area contributed by atoms with Crippen molar-refractivity contribution in [3.05, 3.63) is 28.2 Å². The van der Waals surface area contributed by atoms with Crippen molar-refractivity contribution in [2.45, 2.75) is 20.3 Å². The van der Waals surface area contributed by atoms with Crippen LogP contribution in [0.5, 0.6) is 0 Å². The van der Waals surface area contributed by atoms with Gasteiger partial charge < -0.3 is 10.2 Å². The molecule has 1 amide bonds. The van der Waals surface area contributed by atoms with Crippen LogP contribution in [-0.2, 0) is 4.79 Å². The summed E-state index contributed by atoms with van der Waals surface area (Å²) in [6.45, 7) is 6.75. The van der Waals surface area contributed by atoms with Crippen molar-refractivity contribution in [3.63, 3.8) is 0 Å². The number of amides is 1. The average Bonchev–Trinajstić information content (AvgIpc) is 2.33. The van der Waals surface area contributed by atoms with Gasteiger partial charge in [-0.3, -0.25) is 4.79 Å². The van der Waals surface area contributed by atoms with Gasteiger partial charge in [-0.2, -0.15) is 0 Å². The van der Waals surface area contributed by atoms with Gasteiger partial charge in [0.25, 0.3) is 0 Å². The third kappa shape index (κ3) is 3.12. The summed E-state index contributed by atoms with van der Waals surface area (Å²) in [5, 5.41) is 3.30. The molecule has 1 heterocycles. The summed E-state index contributed by atoms with van der Waals surface area (Å²) >= 11 is 3.49. The summed E-state index contributed by atoms with van der Waals surface area (Å²) in [5.74, 6) is 0.675. The highest BCUT2D eigenvalue weighted by Crippen LogP contribution is 2.24. The molecule has 1 aliphatic rings. The number of benzene rings is 1. The van der Waals surface area contributed by atoms with E-state index >= 15 is 0 Å². The van der Waals surface area contributed by atoms with Gasteiger partial charge in [0.15, 0.2) is 0 Å². The van der Waals surface area contributed by atoms with E-state index in [1.807, 2.05) is 24.0 Å². The maximum absolute atomic E-state index is 12.2. The molecule has 2 rings (SSSR count). The Bertz CT molecular complexity index is 447. The molecule has 0 bridgehead atoms. The molecule has 4 heteroatoms. The Morgan fingerprint density at radius 2 is 2.22 bits per heavy atom. The lowest BCUT2D eigenvalue weighted by atomic mass is 10.1. The molecule has 1 aliphatic heterocycles. The molecule has 0 aromatic heterocycles. The van der Waals surface area contributed by atoms with Gasteiger partial charge in [0.1, 0.15) is 0 Å². The zero-order valence-electron chi connectivity index (χ0n) is 10.9. The second-order valence-corrected chi connectivity index (χ2v) is 5.85. The third-order valence-electron chi connectivity index (χ3n) is 3.26. The van der Waals surface area contributed by atoms with Crippen molar-refractivity contribution in [3.8, 4) is 0 Å². The van der Waals surface area contributed by atoms with E-state index in [0.717, 1.165) is 35.4 Å². The SMILES string of the molecule is Cc1cc(N2CC(C)CNCCC2=O)ccc1Br. The molecule has 0 radical (unpaired) electrons. The molecular weight excluding hydrogens is 292 g/mol. The van der Waals surface area contributed by atoms with E-state index in [1.54, 1.807) is 0 Å². The smallest absolute Gasteiger partial charge is 0.228 e. The first-order valence-electron chi connectivity index (χ1n) is 6.35. The van der Waals surface area contributed by atoms with Crippen molar-refractivity contribution < 1.29 is 4.79 Å². The summed E-state index contributed by atoms with van der Waals surface area (Å²) in [7, 11) is 0. The van der Waals surface area contributed by atoms with Crippen molar-refractivity contribution >= 4 is 27.5 Å². The van der Waals surface area contributed by atoms with Crippen LogP contribution in [0.4, 0.5) is 5.69 Å². The number of carbonyl (C=O) groups excluding carboxylic acids is 1. The summed E-state index contributed by atoms with van der Waals surface area (Å²) in [4.78, 5) is 14.1. The predicted octanol–water partition coefficient (Wildman–Crippen LogP) is 2.72. The summed E-state index contributed by atoms with van der Waals surface area (Å²) in [5.41, 5.74) is 2.17. The molecule has 1 fully saturated rings. The van der Waals surface area contributed by atoms with Crippen LogP contribution in [0.25, 0.3) is 0 Å². The van der Waals surface area contributed by atoms with E-state index in [4.69, 9.17) is 0 Å². The fraction of sp³-hybridized carbons (Fsp3) is 0.500. The average molecular weight is 311 g/mol. The first kappa shape index (κ1) is 13.6. The maximum Gasteiger partial charge on any atom is 0.228 e. The van der Waals surface area contributed by atoms with Gasteiger partial charge in [-0.1, -0.05) is 22.9 Å². The Labute approximate surface area is 117 Å². The minimum Gasteiger partial charge on any atom is -0.316 e. The summed E-state index contributed by atoms with van der Waals surface area (Å²) in [6, 6.07) is 6.10. The molecule has 3 nitrogen and oxygen atoms in total. The topological polar surface area (TPSA) is 32.3 Å². The zero-order chi connectivity index (χ0) is 13.1. The second kappa shape index (κ2) is 5.85. The minimum atomic E-state index is 0.204. The monoisotopic (exact) mass is 310 g/mol. The van der Waals surface area contributed by atoms with Crippen molar-refractivity contribution in [1.29, 1.82) is 0 Å². The Hall–Kier alpha value is -0.870. The van der Waals surface area contributed by atoms with E-state index in [1.165, 1.54) is 0 Å². The Morgan fingerprint density at radius 1 is 1.44 bits per heavy atom. The predicted molar refractivity (Wildman–Crippen MR) is 77.9 cm³/mol. The first-order valence-corrected chi connectivity index (χ1v) is 7.14. The number of nitrogens with zero attached hydrogens (tertiary/aromatic N) is 1. The van der Waals surface area contributed by atoms with Crippen LogP contribution in [0.1, 0.15) is 18.9 Å². The minimum absolute atomic E-state index is 0.204. The van der Waals surface area contributed by atoms with Crippen molar-refractivity contribution in [2.75, 3.05) is 24.5 Å². The largest absolute Gasteiger partial charge is 0.316 e. The van der Waals surface area contributed by atoms with Gasteiger partial charge in [-0.15, -0.1) is 0 Å². The third-order valence-corrected chi connectivity index (χ3v) is 4.15. The second-order valence-electron chi connectivity index (χ2n) is 5.00. The number of hydrogen-bond acceptors (Lipinski definition) is 2. The number of hydrogen-bond donors (Lipinski definition) is 1. The van der Waals surface area contributed by atoms with Crippen LogP contribution in [0.15, 0.2) is 22.7 Å². The van der Waals surface area contributed by atoms with Crippen LogP contribution < -0.4 is 10.2 Å². The Kier molecular flexibility index (Phi) is 4.40. The molecule has 98 valence electrons. The molecule has 0 saturated carbocycles. The summed E-state index contributed by atoms with van der Waals surface area (Å²) in [6.07, 6.45) is 0.571. The van der Waals surface area contributed by atoms with Gasteiger partial charge in [0, 0.05) is 29.7 Å². The fourth-order valence-corrected chi connectivity index (χ4v) is 2.45. The van der Waals surface area contributed by atoms with Gasteiger partial charge >= 0.3 is 0 Å². The molecular formula is C14H19BrN2O. The fourth-order valence-electron chi connectivity index (χ4n) is 2.20. The lowest BCUT2D eigenvalue weighted by molar-refractivity contribution is -0.118. The van der Waals surface area contributed by atoms with E-state index in [-0.39, 0.29) is 5.91 Å². The highest BCUT2D eigenvalue weighted by molar-refractivity contribution is 9.10. The molecule has 1 saturated heterocycles. The van der Waals surface area contributed by atoms with Crippen LogP contribution in [0, 0.1) is 12.8 Å². The van der Waals surface area contributed by atoms with Gasteiger partial charge in [-0.05, 0) is 43.1 Å². The molecule has 18 heavy (non-hydrogen) atoms. The van der Waals surface area contributed by atoms with Gasteiger partial charge in [0.2, 0.25) is 5.91 Å². The van der Waals surface area contributed by atoms with E-state index in [2.05, 4.69) is 34.2 Å². The molecule has 0 aliphatic carbocycles. The van der Waals surface area contributed by atoms with Crippen LogP contribution >= 0.6 is 15.9 Å². The van der Waals surface area contributed by atoms with Gasteiger partial charge in [-0.25, -0.2) is 0 Å².